The molecule has 1 atom stereocenters. The lowest BCUT2D eigenvalue weighted by Gasteiger charge is -2.15. The van der Waals surface area contributed by atoms with Crippen LogP contribution in [-0.4, -0.2) is 36.4 Å². The van der Waals surface area contributed by atoms with Crippen LogP contribution in [-0.2, 0) is 19.1 Å². The number of carbonyl (C=O) groups excluding carboxylic acids is 2. The lowest BCUT2D eigenvalue weighted by molar-refractivity contribution is -0.161. The molecule has 0 aromatic rings. The quantitative estimate of drug-likeness (QED) is 0.0373. The van der Waals surface area contributed by atoms with Crippen molar-refractivity contribution in [3.05, 3.63) is 109 Å². The average molecular weight is 972 g/mol. The van der Waals surface area contributed by atoms with E-state index in [-0.39, 0.29) is 25.2 Å². The molecule has 0 saturated heterocycles. The molecule has 0 bridgehead atoms. The maximum atomic E-state index is 12.3. The largest absolute Gasteiger partial charge is 0.462 e. The molecule has 0 aromatic heterocycles. The number of carbonyl (C=O) groups is 2. The van der Waals surface area contributed by atoms with Gasteiger partial charge in [0.15, 0.2) is 6.10 Å². The summed E-state index contributed by atoms with van der Waals surface area (Å²) in [6.07, 6.45) is 86.4. The van der Waals surface area contributed by atoms with Crippen molar-refractivity contribution in [1.29, 1.82) is 0 Å². The molecule has 5 heteroatoms. The van der Waals surface area contributed by atoms with Gasteiger partial charge in [-0.15, -0.1) is 0 Å². The van der Waals surface area contributed by atoms with Crippen LogP contribution in [0.15, 0.2) is 109 Å². The van der Waals surface area contributed by atoms with Gasteiger partial charge in [-0.3, -0.25) is 9.59 Å². The fourth-order valence-electron chi connectivity index (χ4n) is 8.22. The highest BCUT2D eigenvalue weighted by Gasteiger charge is 2.16. The number of ether oxygens (including phenoxy) is 2. The first-order valence-corrected chi connectivity index (χ1v) is 29.4. The molecule has 0 spiro atoms. The van der Waals surface area contributed by atoms with Gasteiger partial charge in [0.1, 0.15) is 6.61 Å². The van der Waals surface area contributed by atoms with Gasteiger partial charge >= 0.3 is 11.9 Å². The van der Waals surface area contributed by atoms with Gasteiger partial charge in [0.2, 0.25) is 0 Å². The van der Waals surface area contributed by atoms with Crippen molar-refractivity contribution in [2.24, 2.45) is 0 Å². The monoisotopic (exact) mass is 971 g/mol. The average Bonchev–Trinajstić information content (AvgIpc) is 3.36. The summed E-state index contributed by atoms with van der Waals surface area (Å²) in [4.78, 5) is 24.5. The summed E-state index contributed by atoms with van der Waals surface area (Å²) in [6, 6.07) is 0. The van der Waals surface area contributed by atoms with Gasteiger partial charge in [0.25, 0.3) is 0 Å². The Labute approximate surface area is 433 Å². The highest BCUT2D eigenvalue weighted by molar-refractivity contribution is 5.70. The Morgan fingerprint density at radius 1 is 0.329 bits per heavy atom. The van der Waals surface area contributed by atoms with E-state index in [0.717, 1.165) is 103 Å². The van der Waals surface area contributed by atoms with E-state index in [1.165, 1.54) is 141 Å². The zero-order valence-corrected chi connectivity index (χ0v) is 45.7. The van der Waals surface area contributed by atoms with Crippen molar-refractivity contribution in [2.45, 2.75) is 277 Å². The Kier molecular flexibility index (Phi) is 56.9. The predicted octanol–water partition coefficient (Wildman–Crippen LogP) is 20.1. The first-order chi connectivity index (χ1) is 34.6. The van der Waals surface area contributed by atoms with E-state index in [2.05, 4.69) is 123 Å². The van der Waals surface area contributed by atoms with Gasteiger partial charge in [-0.25, -0.2) is 0 Å². The Morgan fingerprint density at radius 2 is 0.571 bits per heavy atom. The van der Waals surface area contributed by atoms with Crippen molar-refractivity contribution >= 4 is 11.9 Å². The minimum absolute atomic E-state index is 0.0734. The third-order valence-electron chi connectivity index (χ3n) is 12.6. The summed E-state index contributed by atoms with van der Waals surface area (Å²) in [7, 11) is 0. The summed E-state index contributed by atoms with van der Waals surface area (Å²) in [6.45, 7) is 3.92. The number of esters is 2. The Morgan fingerprint density at radius 3 is 0.857 bits per heavy atom. The predicted molar refractivity (Wildman–Crippen MR) is 306 cm³/mol. The van der Waals surface area contributed by atoms with Crippen molar-refractivity contribution in [3.8, 4) is 0 Å². The Balaban J connectivity index is 3.48. The minimum Gasteiger partial charge on any atom is -0.462 e. The van der Waals surface area contributed by atoms with Crippen molar-refractivity contribution in [1.82, 2.24) is 0 Å². The zero-order chi connectivity index (χ0) is 50.6. The summed E-state index contributed by atoms with van der Waals surface area (Å²) < 4.78 is 10.7. The SMILES string of the molecule is CC/C=C\C/C=C\C/C=C\C/C=C\C/C=C\CCCCCCCCCC(=O)OC(CO)COC(=O)CCCCCCCCCCCCCCCCCCCCCC/C=C\C/C=C\C/C=C\C/C=C\CC. The van der Waals surface area contributed by atoms with Crippen LogP contribution in [0.1, 0.15) is 271 Å². The van der Waals surface area contributed by atoms with E-state index in [0.29, 0.717) is 12.8 Å². The second-order valence-corrected chi connectivity index (χ2v) is 19.3. The second-order valence-electron chi connectivity index (χ2n) is 19.3. The molecule has 5 nitrogen and oxygen atoms in total. The normalized spacial score (nSPS) is 13.0. The van der Waals surface area contributed by atoms with Crippen LogP contribution < -0.4 is 0 Å². The van der Waals surface area contributed by atoms with E-state index < -0.39 is 6.10 Å². The summed E-state index contributed by atoms with van der Waals surface area (Å²) in [5.41, 5.74) is 0. The van der Waals surface area contributed by atoms with Crippen LogP contribution in [0.4, 0.5) is 0 Å². The smallest absolute Gasteiger partial charge is 0.306 e. The molecule has 70 heavy (non-hydrogen) atoms. The maximum Gasteiger partial charge on any atom is 0.306 e. The topological polar surface area (TPSA) is 72.8 Å². The van der Waals surface area contributed by atoms with Crippen LogP contribution in [0.5, 0.6) is 0 Å². The second kappa shape index (κ2) is 59.9. The molecule has 0 fully saturated rings. The van der Waals surface area contributed by atoms with Gasteiger partial charge in [0, 0.05) is 12.8 Å². The number of aliphatic hydroxyl groups excluding tert-OH is 1. The van der Waals surface area contributed by atoms with E-state index in [4.69, 9.17) is 9.47 Å². The summed E-state index contributed by atoms with van der Waals surface area (Å²) >= 11 is 0. The van der Waals surface area contributed by atoms with Gasteiger partial charge in [0.05, 0.1) is 6.61 Å². The summed E-state index contributed by atoms with van der Waals surface area (Å²) in [5, 5.41) is 9.66. The van der Waals surface area contributed by atoms with Crippen LogP contribution in [0.3, 0.4) is 0 Å². The van der Waals surface area contributed by atoms with Gasteiger partial charge in [-0.05, 0) is 96.3 Å². The molecule has 0 aromatic carbocycles. The van der Waals surface area contributed by atoms with Crippen molar-refractivity contribution < 1.29 is 24.2 Å². The Bertz CT molecular complexity index is 1380. The fourth-order valence-corrected chi connectivity index (χ4v) is 8.22. The number of aliphatic hydroxyl groups is 1. The third-order valence-corrected chi connectivity index (χ3v) is 12.6. The maximum absolute atomic E-state index is 12.3. The van der Waals surface area contributed by atoms with E-state index >= 15 is 0 Å². The first kappa shape index (κ1) is 66.6. The molecule has 0 saturated carbocycles. The fraction of sp³-hybridized carbons (Fsp3) is 0.692. The third kappa shape index (κ3) is 57.1. The molecule has 0 aliphatic rings. The van der Waals surface area contributed by atoms with Crippen molar-refractivity contribution in [2.75, 3.05) is 13.2 Å². The molecule has 0 heterocycles. The molecule has 0 rings (SSSR count). The number of rotatable bonds is 53. The molecule has 1 N–H and O–H groups in total. The lowest BCUT2D eigenvalue weighted by atomic mass is 10.0. The van der Waals surface area contributed by atoms with Crippen molar-refractivity contribution in [3.63, 3.8) is 0 Å². The minimum atomic E-state index is -0.784. The van der Waals surface area contributed by atoms with Gasteiger partial charge < -0.3 is 14.6 Å². The van der Waals surface area contributed by atoms with E-state index in [1.54, 1.807) is 0 Å². The molecule has 0 amide bonds. The van der Waals surface area contributed by atoms with Crippen LogP contribution in [0, 0.1) is 0 Å². The first-order valence-electron chi connectivity index (χ1n) is 29.4. The highest BCUT2D eigenvalue weighted by Crippen LogP contribution is 2.16. The van der Waals surface area contributed by atoms with Gasteiger partial charge in [-0.2, -0.15) is 0 Å². The molecule has 0 aliphatic carbocycles. The number of hydrogen-bond donors (Lipinski definition) is 1. The van der Waals surface area contributed by atoms with Crippen LogP contribution >= 0.6 is 0 Å². The molecule has 400 valence electrons. The van der Waals surface area contributed by atoms with E-state index in [1.807, 2.05) is 0 Å². The zero-order valence-electron chi connectivity index (χ0n) is 45.7. The lowest BCUT2D eigenvalue weighted by Crippen LogP contribution is -2.28. The van der Waals surface area contributed by atoms with E-state index in [9.17, 15) is 14.7 Å². The molecular weight excluding hydrogens is 861 g/mol. The number of unbranched alkanes of at least 4 members (excludes halogenated alkanes) is 27. The standard InChI is InChI=1S/C65H110O5/c1-3-5-7-9-11-13-15-17-19-21-23-25-27-28-29-30-31-32-33-34-35-36-38-39-41-43-45-47-49-51-53-55-57-59-64(67)69-62-63(61-66)70-65(68)60-58-56-54-52-50-48-46-44-42-40-37-26-24-22-20-18-16-14-12-10-8-6-4-2/h5-8,11-14,17-20,23-26,40,42,63,66H,3-4,9-10,15-16,21-22,27-39,41,43-62H2,1-2H3/b7-5-,8-6-,13-11-,14-12-,19-17-,20-18-,25-23-,26-24-,42-40-. The van der Waals surface area contributed by atoms with Crippen LogP contribution in [0.2, 0.25) is 0 Å². The highest BCUT2D eigenvalue weighted by atomic mass is 16.6. The van der Waals surface area contributed by atoms with Crippen LogP contribution in [0.25, 0.3) is 0 Å². The Hall–Kier alpha value is -3.44. The van der Waals surface area contributed by atoms with Gasteiger partial charge in [-0.1, -0.05) is 271 Å². The molecule has 1 unspecified atom stereocenters. The molecule has 0 radical (unpaired) electrons. The molecule has 0 aliphatic heterocycles. The summed E-state index contributed by atoms with van der Waals surface area (Å²) in [5.74, 6) is -0.600. The molecular formula is C65H110O5. The number of hydrogen-bond acceptors (Lipinski definition) is 5. The number of allylic oxidation sites excluding steroid dienone is 18.